The van der Waals surface area contributed by atoms with Crippen molar-refractivity contribution in [3.05, 3.63) is 78.4 Å². The summed E-state index contributed by atoms with van der Waals surface area (Å²) >= 11 is 0. The predicted molar refractivity (Wildman–Crippen MR) is 108 cm³/mol. The van der Waals surface area contributed by atoms with Crippen LogP contribution in [0.4, 0.5) is 0 Å². The molecule has 6 nitrogen and oxygen atoms in total. The number of fused-ring (bicyclic) bond motifs is 1. The Morgan fingerprint density at radius 2 is 1.54 bits per heavy atom. The Morgan fingerprint density at radius 1 is 0.893 bits per heavy atom. The van der Waals surface area contributed by atoms with E-state index in [0.29, 0.717) is 5.56 Å². The fourth-order valence-corrected chi connectivity index (χ4v) is 4.32. The molecule has 0 unspecified atom stereocenters. The maximum atomic E-state index is 12.7. The Bertz CT molecular complexity index is 1110. The van der Waals surface area contributed by atoms with Crippen LogP contribution in [0.2, 0.25) is 0 Å². The number of rotatable bonds is 7. The van der Waals surface area contributed by atoms with Crippen molar-refractivity contribution < 1.29 is 18.0 Å². The molecular formula is C21H20N2O4S. The van der Waals surface area contributed by atoms with Crippen molar-refractivity contribution in [3.8, 4) is 0 Å². The second kappa shape index (κ2) is 8.22. The number of hydrogen-bond acceptors (Lipinski definition) is 4. The van der Waals surface area contributed by atoms with Crippen molar-refractivity contribution in [3.63, 3.8) is 0 Å². The Balaban J connectivity index is 1.76. The van der Waals surface area contributed by atoms with Gasteiger partial charge in [-0.3, -0.25) is 9.59 Å². The quantitative estimate of drug-likeness (QED) is 0.639. The lowest BCUT2D eigenvalue weighted by Gasteiger charge is -2.16. The molecule has 0 fully saturated rings. The lowest BCUT2D eigenvalue weighted by molar-refractivity contribution is -0.119. The van der Waals surface area contributed by atoms with E-state index in [4.69, 9.17) is 5.73 Å². The zero-order valence-electron chi connectivity index (χ0n) is 15.0. The third-order valence-electron chi connectivity index (χ3n) is 4.46. The van der Waals surface area contributed by atoms with Crippen molar-refractivity contribution in [2.24, 2.45) is 5.73 Å². The number of nitrogens with one attached hydrogen (secondary N) is 1. The summed E-state index contributed by atoms with van der Waals surface area (Å²) in [4.78, 5) is 24.7. The zero-order valence-corrected chi connectivity index (χ0v) is 15.9. The first-order valence-electron chi connectivity index (χ1n) is 8.74. The van der Waals surface area contributed by atoms with Gasteiger partial charge in [-0.15, -0.1) is 0 Å². The number of hydrogen-bond donors (Lipinski definition) is 2. The van der Waals surface area contributed by atoms with Gasteiger partial charge in [0.15, 0.2) is 9.84 Å². The predicted octanol–water partition coefficient (Wildman–Crippen LogP) is 2.29. The molecule has 3 rings (SSSR count). The standard InChI is InChI=1S/C21H20N2O4S/c22-20(24)19(13-14-28(26,27)16-9-2-1-3-10-16)23-21(25)18-12-6-8-15-7-4-5-11-17(15)18/h1-12,19H,13-14H2,(H2,22,24)(H,23,25)/t19-/m0/s1. The number of sulfone groups is 1. The molecule has 3 aromatic carbocycles. The van der Waals surface area contributed by atoms with Gasteiger partial charge in [-0.25, -0.2) is 8.42 Å². The Kier molecular flexibility index (Phi) is 5.75. The van der Waals surface area contributed by atoms with Crippen LogP contribution in [0, 0.1) is 0 Å². The van der Waals surface area contributed by atoms with Gasteiger partial charge in [0, 0.05) is 5.56 Å². The lowest BCUT2D eigenvalue weighted by atomic mass is 10.0. The maximum absolute atomic E-state index is 12.7. The van der Waals surface area contributed by atoms with E-state index in [1.807, 2.05) is 30.3 Å². The minimum atomic E-state index is -3.58. The third-order valence-corrected chi connectivity index (χ3v) is 6.22. The average molecular weight is 396 g/mol. The molecule has 1 atom stereocenters. The highest BCUT2D eigenvalue weighted by Crippen LogP contribution is 2.19. The highest BCUT2D eigenvalue weighted by Gasteiger charge is 2.23. The van der Waals surface area contributed by atoms with Gasteiger partial charge in [0.05, 0.1) is 10.6 Å². The first-order chi connectivity index (χ1) is 13.4. The highest BCUT2D eigenvalue weighted by molar-refractivity contribution is 7.91. The Labute approximate surface area is 163 Å². The molecule has 0 bridgehead atoms. The van der Waals surface area contributed by atoms with Gasteiger partial charge in [0.2, 0.25) is 5.91 Å². The number of primary amides is 1. The largest absolute Gasteiger partial charge is 0.368 e. The van der Waals surface area contributed by atoms with Crippen LogP contribution in [0.5, 0.6) is 0 Å². The van der Waals surface area contributed by atoms with Crippen LogP contribution in [0.25, 0.3) is 10.8 Å². The lowest BCUT2D eigenvalue weighted by Crippen LogP contribution is -2.45. The van der Waals surface area contributed by atoms with E-state index in [-0.39, 0.29) is 17.1 Å². The van der Waals surface area contributed by atoms with Crippen LogP contribution in [-0.4, -0.2) is 32.0 Å². The van der Waals surface area contributed by atoms with Crippen molar-refractivity contribution >= 4 is 32.4 Å². The van der Waals surface area contributed by atoms with Crippen LogP contribution in [0.15, 0.2) is 77.7 Å². The van der Waals surface area contributed by atoms with Gasteiger partial charge in [-0.2, -0.15) is 0 Å². The molecule has 0 saturated heterocycles. The molecule has 2 amide bonds. The summed E-state index contributed by atoms with van der Waals surface area (Å²) in [5.41, 5.74) is 5.79. The van der Waals surface area contributed by atoms with Crippen LogP contribution >= 0.6 is 0 Å². The van der Waals surface area contributed by atoms with Crippen LogP contribution in [0.3, 0.4) is 0 Å². The van der Waals surface area contributed by atoms with E-state index in [9.17, 15) is 18.0 Å². The molecule has 0 aliphatic rings. The molecule has 0 radical (unpaired) electrons. The number of amides is 2. The van der Waals surface area contributed by atoms with Gasteiger partial charge in [-0.05, 0) is 35.4 Å². The summed E-state index contributed by atoms with van der Waals surface area (Å²) in [5.74, 6) is -1.56. The van der Waals surface area contributed by atoms with E-state index >= 15 is 0 Å². The van der Waals surface area contributed by atoms with E-state index in [0.717, 1.165) is 10.8 Å². The van der Waals surface area contributed by atoms with Crippen molar-refractivity contribution in [1.82, 2.24) is 5.32 Å². The van der Waals surface area contributed by atoms with Crippen LogP contribution in [-0.2, 0) is 14.6 Å². The minimum Gasteiger partial charge on any atom is -0.368 e. The van der Waals surface area contributed by atoms with E-state index < -0.39 is 27.7 Å². The number of nitrogens with two attached hydrogens (primary N) is 1. The van der Waals surface area contributed by atoms with E-state index in [2.05, 4.69) is 5.32 Å². The van der Waals surface area contributed by atoms with Gasteiger partial charge in [-0.1, -0.05) is 54.6 Å². The van der Waals surface area contributed by atoms with Crippen molar-refractivity contribution in [2.45, 2.75) is 17.4 Å². The molecular weight excluding hydrogens is 376 g/mol. The topological polar surface area (TPSA) is 106 Å². The molecule has 0 aromatic heterocycles. The Morgan fingerprint density at radius 3 is 2.25 bits per heavy atom. The Hall–Kier alpha value is -3.19. The smallest absolute Gasteiger partial charge is 0.252 e. The second-order valence-corrected chi connectivity index (χ2v) is 8.48. The van der Waals surface area contributed by atoms with Crippen LogP contribution in [0.1, 0.15) is 16.8 Å². The van der Waals surface area contributed by atoms with Gasteiger partial charge < -0.3 is 11.1 Å². The average Bonchev–Trinajstić information content (AvgIpc) is 2.71. The fourth-order valence-electron chi connectivity index (χ4n) is 2.96. The van der Waals surface area contributed by atoms with Gasteiger partial charge in [0.25, 0.3) is 5.91 Å². The molecule has 144 valence electrons. The molecule has 28 heavy (non-hydrogen) atoms. The molecule has 0 saturated carbocycles. The highest BCUT2D eigenvalue weighted by atomic mass is 32.2. The molecule has 3 aromatic rings. The monoisotopic (exact) mass is 396 g/mol. The number of benzene rings is 3. The molecule has 0 heterocycles. The second-order valence-electron chi connectivity index (χ2n) is 6.38. The molecule has 3 N–H and O–H groups in total. The summed E-state index contributed by atoms with van der Waals surface area (Å²) in [6.07, 6.45) is -0.108. The van der Waals surface area contributed by atoms with Crippen LogP contribution < -0.4 is 11.1 Å². The summed E-state index contributed by atoms with van der Waals surface area (Å²) in [5, 5.41) is 4.20. The van der Waals surface area contributed by atoms with Crippen molar-refractivity contribution in [1.29, 1.82) is 0 Å². The molecule has 7 heteroatoms. The van der Waals surface area contributed by atoms with E-state index in [1.165, 1.54) is 12.1 Å². The number of carbonyl (C=O) groups is 2. The molecule has 0 aliphatic carbocycles. The molecule has 0 aliphatic heterocycles. The minimum absolute atomic E-state index is 0.108. The van der Waals surface area contributed by atoms with Gasteiger partial charge >= 0.3 is 0 Å². The third kappa shape index (κ3) is 4.37. The first kappa shape index (κ1) is 19.6. The van der Waals surface area contributed by atoms with Gasteiger partial charge in [0.1, 0.15) is 6.04 Å². The zero-order chi connectivity index (χ0) is 20.1. The SMILES string of the molecule is NC(=O)[C@H](CCS(=O)(=O)c1ccccc1)NC(=O)c1cccc2ccccc12. The first-order valence-corrected chi connectivity index (χ1v) is 10.4. The summed E-state index contributed by atoms with van der Waals surface area (Å²) in [6.45, 7) is 0. The fraction of sp³-hybridized carbons (Fsp3) is 0.143. The normalized spacial score (nSPS) is 12.4. The summed E-state index contributed by atoms with van der Waals surface area (Å²) in [7, 11) is -3.58. The molecule has 0 spiro atoms. The summed E-state index contributed by atoms with van der Waals surface area (Å²) in [6, 6.07) is 19.5. The van der Waals surface area contributed by atoms with E-state index in [1.54, 1.807) is 30.3 Å². The number of carbonyl (C=O) groups excluding carboxylic acids is 2. The maximum Gasteiger partial charge on any atom is 0.252 e. The van der Waals surface area contributed by atoms with Crippen molar-refractivity contribution in [2.75, 3.05) is 5.75 Å². The summed E-state index contributed by atoms with van der Waals surface area (Å²) < 4.78 is 24.8.